The Morgan fingerprint density at radius 1 is 1.20 bits per heavy atom. The molecule has 1 aromatic rings. The highest BCUT2D eigenvalue weighted by atomic mass is 15.2. The molecular weight excluding hydrogens is 244 g/mol. The summed E-state index contributed by atoms with van der Waals surface area (Å²) >= 11 is 0. The van der Waals surface area contributed by atoms with E-state index in [1.54, 1.807) is 0 Å². The maximum absolute atomic E-state index is 6.24. The Kier molecular flexibility index (Phi) is 5.62. The normalized spacial score (nSPS) is 18.8. The molecule has 0 radical (unpaired) electrons. The lowest BCUT2D eigenvalue weighted by atomic mass is 9.81. The molecular formula is C18H30N2. The maximum Gasteiger partial charge on any atom is 0.0369 e. The monoisotopic (exact) mass is 274 g/mol. The first-order valence-electron chi connectivity index (χ1n) is 8.23. The van der Waals surface area contributed by atoms with Gasteiger partial charge in [-0.15, -0.1) is 0 Å². The van der Waals surface area contributed by atoms with Crippen molar-refractivity contribution >= 4 is 0 Å². The molecule has 0 bridgehead atoms. The van der Waals surface area contributed by atoms with Gasteiger partial charge in [0, 0.05) is 18.6 Å². The smallest absolute Gasteiger partial charge is 0.0369 e. The molecule has 2 rings (SSSR count). The van der Waals surface area contributed by atoms with Gasteiger partial charge in [0.2, 0.25) is 0 Å². The lowest BCUT2D eigenvalue weighted by Crippen LogP contribution is -2.56. The van der Waals surface area contributed by atoms with Crippen LogP contribution < -0.4 is 5.73 Å². The van der Waals surface area contributed by atoms with E-state index in [0.29, 0.717) is 0 Å². The van der Waals surface area contributed by atoms with Crippen LogP contribution in [-0.2, 0) is 6.42 Å². The molecule has 112 valence electrons. The van der Waals surface area contributed by atoms with Crippen molar-refractivity contribution in [2.24, 2.45) is 11.7 Å². The maximum atomic E-state index is 6.24. The highest BCUT2D eigenvalue weighted by Crippen LogP contribution is 2.31. The van der Waals surface area contributed by atoms with Crippen LogP contribution in [0.1, 0.15) is 45.1 Å². The van der Waals surface area contributed by atoms with E-state index in [2.05, 4.69) is 49.1 Å². The van der Waals surface area contributed by atoms with Crippen LogP contribution >= 0.6 is 0 Å². The molecule has 1 unspecified atom stereocenters. The number of likely N-dealkylation sites (N-methyl/N-ethyl adjacent to an activating group) is 1. The SMILES string of the molecule is CCN(CC1CCC1)C(CC)(CN)Cc1ccccc1. The van der Waals surface area contributed by atoms with Gasteiger partial charge in [0.15, 0.2) is 0 Å². The van der Waals surface area contributed by atoms with Gasteiger partial charge in [-0.2, -0.15) is 0 Å². The van der Waals surface area contributed by atoms with Crippen molar-refractivity contribution in [3.63, 3.8) is 0 Å². The van der Waals surface area contributed by atoms with E-state index in [4.69, 9.17) is 5.73 Å². The number of nitrogens with zero attached hydrogens (tertiary/aromatic N) is 1. The summed E-state index contributed by atoms with van der Waals surface area (Å²) < 4.78 is 0. The van der Waals surface area contributed by atoms with Gasteiger partial charge < -0.3 is 5.73 Å². The fourth-order valence-electron chi connectivity index (χ4n) is 3.43. The van der Waals surface area contributed by atoms with E-state index in [1.807, 2.05) is 0 Å². The third-order valence-electron chi connectivity index (χ3n) is 5.17. The predicted molar refractivity (Wildman–Crippen MR) is 86.8 cm³/mol. The van der Waals surface area contributed by atoms with E-state index >= 15 is 0 Å². The lowest BCUT2D eigenvalue weighted by Gasteiger charge is -2.45. The zero-order valence-corrected chi connectivity index (χ0v) is 13.1. The molecule has 1 saturated carbocycles. The predicted octanol–water partition coefficient (Wildman–Crippen LogP) is 3.46. The Labute approximate surface area is 124 Å². The number of hydrogen-bond acceptors (Lipinski definition) is 2. The van der Waals surface area contributed by atoms with Gasteiger partial charge in [-0.05, 0) is 43.7 Å². The molecule has 0 aromatic heterocycles. The summed E-state index contributed by atoms with van der Waals surface area (Å²) in [6.45, 7) is 7.66. The van der Waals surface area contributed by atoms with Gasteiger partial charge in [-0.25, -0.2) is 0 Å². The largest absolute Gasteiger partial charge is 0.329 e. The Morgan fingerprint density at radius 3 is 2.35 bits per heavy atom. The molecule has 0 aliphatic heterocycles. The topological polar surface area (TPSA) is 29.3 Å². The van der Waals surface area contributed by atoms with Crippen molar-refractivity contribution in [2.45, 2.75) is 51.5 Å². The Balaban J connectivity index is 2.12. The summed E-state index contributed by atoms with van der Waals surface area (Å²) in [6, 6.07) is 10.8. The second kappa shape index (κ2) is 7.24. The summed E-state index contributed by atoms with van der Waals surface area (Å²) in [5, 5.41) is 0. The molecule has 1 aliphatic carbocycles. The van der Waals surface area contributed by atoms with Crippen LogP contribution in [0.25, 0.3) is 0 Å². The van der Waals surface area contributed by atoms with Crippen LogP contribution in [0.15, 0.2) is 30.3 Å². The van der Waals surface area contributed by atoms with Gasteiger partial charge >= 0.3 is 0 Å². The molecule has 1 aromatic carbocycles. The first-order chi connectivity index (χ1) is 9.74. The quantitative estimate of drug-likeness (QED) is 0.786. The van der Waals surface area contributed by atoms with Crippen LogP contribution in [0.5, 0.6) is 0 Å². The summed E-state index contributed by atoms with van der Waals surface area (Å²) in [6.07, 6.45) is 6.43. The van der Waals surface area contributed by atoms with Crippen LogP contribution in [0.3, 0.4) is 0 Å². The van der Waals surface area contributed by atoms with Crippen LogP contribution in [0.4, 0.5) is 0 Å². The number of nitrogens with two attached hydrogens (primary N) is 1. The van der Waals surface area contributed by atoms with E-state index < -0.39 is 0 Å². The summed E-state index contributed by atoms with van der Waals surface area (Å²) in [4.78, 5) is 2.66. The first kappa shape index (κ1) is 15.5. The van der Waals surface area contributed by atoms with Crippen molar-refractivity contribution in [3.05, 3.63) is 35.9 Å². The number of rotatable bonds is 8. The van der Waals surface area contributed by atoms with Crippen LogP contribution in [0.2, 0.25) is 0 Å². The fourth-order valence-corrected chi connectivity index (χ4v) is 3.43. The van der Waals surface area contributed by atoms with Crippen molar-refractivity contribution in [3.8, 4) is 0 Å². The van der Waals surface area contributed by atoms with Crippen molar-refractivity contribution in [1.29, 1.82) is 0 Å². The molecule has 1 aliphatic rings. The molecule has 1 atom stereocenters. The minimum absolute atomic E-state index is 0.131. The number of hydrogen-bond donors (Lipinski definition) is 1. The van der Waals surface area contributed by atoms with Crippen molar-refractivity contribution in [2.75, 3.05) is 19.6 Å². The minimum atomic E-state index is 0.131. The minimum Gasteiger partial charge on any atom is -0.329 e. The molecule has 0 saturated heterocycles. The van der Waals surface area contributed by atoms with Gasteiger partial charge in [0.1, 0.15) is 0 Å². The first-order valence-corrected chi connectivity index (χ1v) is 8.23. The standard InChI is InChI=1S/C18H30N2/c1-3-18(15-19,13-16-9-6-5-7-10-16)20(4-2)14-17-11-8-12-17/h5-7,9-10,17H,3-4,8,11-15,19H2,1-2H3. The van der Waals surface area contributed by atoms with E-state index in [0.717, 1.165) is 31.8 Å². The summed E-state index contributed by atoms with van der Waals surface area (Å²) in [5.41, 5.74) is 7.78. The molecule has 1 fully saturated rings. The van der Waals surface area contributed by atoms with E-state index in [1.165, 1.54) is 31.4 Å². The molecule has 2 N–H and O–H groups in total. The van der Waals surface area contributed by atoms with Crippen molar-refractivity contribution in [1.82, 2.24) is 4.90 Å². The second-order valence-corrected chi connectivity index (χ2v) is 6.28. The molecule has 0 spiro atoms. The van der Waals surface area contributed by atoms with Gasteiger partial charge in [-0.3, -0.25) is 4.90 Å². The zero-order chi connectivity index (χ0) is 14.4. The highest BCUT2D eigenvalue weighted by Gasteiger charge is 2.35. The van der Waals surface area contributed by atoms with E-state index in [-0.39, 0.29) is 5.54 Å². The molecule has 20 heavy (non-hydrogen) atoms. The third-order valence-corrected chi connectivity index (χ3v) is 5.17. The summed E-state index contributed by atoms with van der Waals surface area (Å²) in [7, 11) is 0. The molecule has 2 heteroatoms. The second-order valence-electron chi connectivity index (χ2n) is 6.28. The van der Waals surface area contributed by atoms with Gasteiger partial charge in [0.05, 0.1) is 0 Å². The number of benzene rings is 1. The Morgan fingerprint density at radius 2 is 1.90 bits per heavy atom. The average Bonchev–Trinajstić information content (AvgIpc) is 2.45. The van der Waals surface area contributed by atoms with Crippen LogP contribution in [-0.4, -0.2) is 30.1 Å². The molecule has 2 nitrogen and oxygen atoms in total. The highest BCUT2D eigenvalue weighted by molar-refractivity contribution is 5.18. The van der Waals surface area contributed by atoms with Crippen molar-refractivity contribution < 1.29 is 0 Å². The molecule has 0 amide bonds. The van der Waals surface area contributed by atoms with E-state index in [9.17, 15) is 0 Å². The third kappa shape index (κ3) is 3.42. The Bertz CT molecular complexity index is 380. The lowest BCUT2D eigenvalue weighted by molar-refractivity contribution is 0.0595. The van der Waals surface area contributed by atoms with Gasteiger partial charge in [0.25, 0.3) is 0 Å². The summed E-state index contributed by atoms with van der Waals surface area (Å²) in [5.74, 6) is 0.906. The molecule has 0 heterocycles. The Hall–Kier alpha value is -0.860. The fraction of sp³-hybridized carbons (Fsp3) is 0.667. The van der Waals surface area contributed by atoms with Crippen LogP contribution in [0, 0.1) is 5.92 Å². The van der Waals surface area contributed by atoms with Gasteiger partial charge in [-0.1, -0.05) is 50.6 Å². The average molecular weight is 274 g/mol. The zero-order valence-electron chi connectivity index (χ0n) is 13.1.